The van der Waals surface area contributed by atoms with Gasteiger partial charge in [0, 0.05) is 61.1 Å². The van der Waals surface area contributed by atoms with Crippen molar-refractivity contribution in [1.29, 1.82) is 5.26 Å². The summed E-state index contributed by atoms with van der Waals surface area (Å²) in [7, 11) is 1.99. The molecule has 4 heterocycles. The first-order chi connectivity index (χ1) is 17.4. The topological polar surface area (TPSA) is 78.1 Å². The summed E-state index contributed by atoms with van der Waals surface area (Å²) in [6, 6.07) is 6.88. The second-order valence-corrected chi connectivity index (χ2v) is 11.3. The van der Waals surface area contributed by atoms with Crippen LogP contribution in [-0.4, -0.2) is 51.8 Å². The zero-order valence-electron chi connectivity index (χ0n) is 20.9. The molecule has 2 aliphatic carbocycles. The standard InChI is InChI=1S/C29H30N6O/c1-4-23(36)35-15-29(16-35)9-10-34(14-29)28-22(12-30)25(20-8-7-18-11-21(18)26(20)32-28)24-17(2)5-6-19-13-31-33(3)27(19)24/h4-6,13,18,21H,1,7-11,14-16H2,2-3H3. The Hall–Kier alpha value is -3.66. The number of aryl methyl sites for hydroxylation is 2. The van der Waals surface area contributed by atoms with Crippen molar-refractivity contribution in [3.05, 3.63) is 53.4 Å². The molecule has 3 fully saturated rings. The molecule has 1 amide bonds. The lowest BCUT2D eigenvalue weighted by molar-refractivity contribution is -0.136. The number of carbonyl (C=O) groups excluding carboxylic acids is 1. The fraction of sp³-hybridized carbons (Fsp3) is 0.448. The first-order valence-corrected chi connectivity index (χ1v) is 13.0. The van der Waals surface area contributed by atoms with Gasteiger partial charge >= 0.3 is 0 Å². The second kappa shape index (κ2) is 7.42. The van der Waals surface area contributed by atoms with Gasteiger partial charge in [-0.15, -0.1) is 0 Å². The maximum atomic E-state index is 12.1. The van der Waals surface area contributed by atoms with Gasteiger partial charge in [-0.25, -0.2) is 4.98 Å². The molecule has 2 unspecified atom stereocenters. The molecule has 1 saturated carbocycles. The summed E-state index contributed by atoms with van der Waals surface area (Å²) < 4.78 is 1.94. The van der Waals surface area contributed by atoms with Gasteiger partial charge in [-0.3, -0.25) is 9.48 Å². The zero-order chi connectivity index (χ0) is 24.8. The molecule has 2 atom stereocenters. The lowest BCUT2D eigenvalue weighted by Crippen LogP contribution is -2.59. The summed E-state index contributed by atoms with van der Waals surface area (Å²) in [5, 5.41) is 16.3. The maximum Gasteiger partial charge on any atom is 0.245 e. The Morgan fingerprint density at radius 2 is 2.11 bits per heavy atom. The van der Waals surface area contributed by atoms with Gasteiger partial charge in [-0.05, 0) is 55.7 Å². The second-order valence-electron chi connectivity index (χ2n) is 11.3. The third kappa shape index (κ3) is 2.93. The molecule has 1 spiro atoms. The predicted octanol–water partition coefficient (Wildman–Crippen LogP) is 4.09. The van der Waals surface area contributed by atoms with Crippen LogP contribution in [0.1, 0.15) is 47.6 Å². The quantitative estimate of drug-likeness (QED) is 0.530. The molecular formula is C29H30N6O. The van der Waals surface area contributed by atoms with Crippen molar-refractivity contribution in [2.75, 3.05) is 31.1 Å². The lowest BCUT2D eigenvalue weighted by atomic mass is 9.79. The number of pyridine rings is 1. The van der Waals surface area contributed by atoms with Gasteiger partial charge in [-0.2, -0.15) is 10.4 Å². The molecule has 3 aromatic rings. The van der Waals surface area contributed by atoms with Crippen LogP contribution in [0, 0.1) is 29.6 Å². The molecule has 2 saturated heterocycles. The van der Waals surface area contributed by atoms with Gasteiger partial charge in [-0.1, -0.05) is 18.7 Å². The molecule has 7 rings (SSSR count). The molecule has 2 aliphatic heterocycles. The normalized spacial score (nSPS) is 23.2. The van der Waals surface area contributed by atoms with Crippen molar-refractivity contribution >= 4 is 22.6 Å². The monoisotopic (exact) mass is 478 g/mol. The molecule has 36 heavy (non-hydrogen) atoms. The Balaban J connectivity index is 1.39. The molecule has 4 aliphatic rings. The molecule has 0 bridgehead atoms. The van der Waals surface area contributed by atoms with Gasteiger partial charge < -0.3 is 9.80 Å². The average Bonchev–Trinajstić information content (AvgIpc) is 3.39. The predicted molar refractivity (Wildman–Crippen MR) is 139 cm³/mol. The lowest BCUT2D eigenvalue weighted by Gasteiger charge is -2.47. The Labute approximate surface area is 211 Å². The minimum absolute atomic E-state index is 0.00510. The molecule has 2 aromatic heterocycles. The van der Waals surface area contributed by atoms with Crippen LogP contribution >= 0.6 is 0 Å². The van der Waals surface area contributed by atoms with Gasteiger partial charge in [0.1, 0.15) is 17.5 Å². The maximum absolute atomic E-state index is 12.1. The fourth-order valence-corrected chi connectivity index (χ4v) is 7.14. The van der Waals surface area contributed by atoms with Crippen LogP contribution in [0.4, 0.5) is 5.82 Å². The molecule has 7 nitrogen and oxygen atoms in total. The zero-order valence-corrected chi connectivity index (χ0v) is 20.9. The number of fused-ring (bicyclic) bond motifs is 4. The molecule has 0 radical (unpaired) electrons. The van der Waals surface area contributed by atoms with Crippen molar-refractivity contribution in [1.82, 2.24) is 19.7 Å². The summed E-state index contributed by atoms with van der Waals surface area (Å²) in [6.45, 7) is 8.98. The van der Waals surface area contributed by atoms with Crippen LogP contribution in [0.5, 0.6) is 0 Å². The van der Waals surface area contributed by atoms with Crippen LogP contribution in [0.25, 0.3) is 22.0 Å². The van der Waals surface area contributed by atoms with E-state index in [0.717, 1.165) is 78.3 Å². The minimum Gasteiger partial charge on any atom is -0.355 e. The van der Waals surface area contributed by atoms with Crippen molar-refractivity contribution in [2.45, 2.75) is 38.5 Å². The Bertz CT molecular complexity index is 1500. The molecule has 7 heteroatoms. The van der Waals surface area contributed by atoms with E-state index in [9.17, 15) is 10.1 Å². The summed E-state index contributed by atoms with van der Waals surface area (Å²) in [4.78, 5) is 21.5. The number of likely N-dealkylation sites (tertiary alicyclic amines) is 1. The van der Waals surface area contributed by atoms with Crippen molar-refractivity contribution in [2.24, 2.45) is 18.4 Å². The van der Waals surface area contributed by atoms with E-state index in [1.807, 2.05) is 22.8 Å². The Morgan fingerprint density at radius 3 is 2.89 bits per heavy atom. The van der Waals surface area contributed by atoms with Crippen molar-refractivity contribution in [3.63, 3.8) is 0 Å². The summed E-state index contributed by atoms with van der Waals surface area (Å²) in [5.74, 6) is 2.10. The third-order valence-electron chi connectivity index (χ3n) is 9.10. The van der Waals surface area contributed by atoms with E-state index in [4.69, 9.17) is 4.98 Å². The van der Waals surface area contributed by atoms with Gasteiger partial charge in [0.25, 0.3) is 0 Å². The first-order valence-electron chi connectivity index (χ1n) is 13.0. The van der Waals surface area contributed by atoms with Crippen LogP contribution < -0.4 is 4.90 Å². The van der Waals surface area contributed by atoms with E-state index in [-0.39, 0.29) is 11.3 Å². The van der Waals surface area contributed by atoms with Crippen LogP contribution in [0.3, 0.4) is 0 Å². The summed E-state index contributed by atoms with van der Waals surface area (Å²) in [6.07, 6.45) is 7.68. The van der Waals surface area contributed by atoms with Gasteiger partial charge in [0.2, 0.25) is 5.91 Å². The van der Waals surface area contributed by atoms with Gasteiger partial charge in [0.15, 0.2) is 0 Å². The number of benzene rings is 1. The number of nitriles is 1. The number of aromatic nitrogens is 3. The Kier molecular flexibility index (Phi) is 4.46. The number of hydrogen-bond donors (Lipinski definition) is 0. The Morgan fingerprint density at radius 1 is 1.28 bits per heavy atom. The first kappa shape index (κ1) is 21.6. The van der Waals surface area contributed by atoms with E-state index in [2.05, 4.69) is 41.7 Å². The largest absolute Gasteiger partial charge is 0.355 e. The molecule has 1 aromatic carbocycles. The SMILES string of the molecule is C=CC(=O)N1CC2(CCN(c3nc4c(c(-c5c(C)ccc6cnn(C)c56)c3C#N)CCC3CC43)C2)C1. The highest BCUT2D eigenvalue weighted by Crippen LogP contribution is 2.57. The average molecular weight is 479 g/mol. The van der Waals surface area contributed by atoms with E-state index < -0.39 is 0 Å². The minimum atomic E-state index is 0.00510. The molecule has 182 valence electrons. The van der Waals surface area contributed by atoms with E-state index in [0.29, 0.717) is 11.5 Å². The number of carbonyl (C=O) groups is 1. The van der Waals surface area contributed by atoms with E-state index in [1.54, 1.807) is 0 Å². The highest BCUT2D eigenvalue weighted by Gasteiger charge is 2.50. The summed E-state index contributed by atoms with van der Waals surface area (Å²) >= 11 is 0. The fourth-order valence-electron chi connectivity index (χ4n) is 7.14. The van der Waals surface area contributed by atoms with E-state index in [1.165, 1.54) is 30.2 Å². The van der Waals surface area contributed by atoms with Crippen molar-refractivity contribution < 1.29 is 4.79 Å². The van der Waals surface area contributed by atoms with Crippen molar-refractivity contribution in [3.8, 4) is 17.2 Å². The highest BCUT2D eigenvalue weighted by molar-refractivity contribution is 5.99. The number of hydrogen-bond acceptors (Lipinski definition) is 5. The molecule has 0 N–H and O–H groups in total. The summed E-state index contributed by atoms with van der Waals surface area (Å²) in [5.41, 5.74) is 7.71. The van der Waals surface area contributed by atoms with Crippen LogP contribution in [0.2, 0.25) is 0 Å². The highest BCUT2D eigenvalue weighted by atomic mass is 16.2. The number of rotatable bonds is 3. The van der Waals surface area contributed by atoms with Crippen LogP contribution in [-0.2, 0) is 18.3 Å². The number of nitrogens with zero attached hydrogens (tertiary/aromatic N) is 6. The van der Waals surface area contributed by atoms with Crippen LogP contribution in [0.15, 0.2) is 31.0 Å². The number of anilines is 1. The van der Waals surface area contributed by atoms with E-state index >= 15 is 0 Å². The van der Waals surface area contributed by atoms with Gasteiger partial charge in [0.05, 0.1) is 17.4 Å². The smallest absolute Gasteiger partial charge is 0.245 e. The molecular weight excluding hydrogens is 448 g/mol. The number of amides is 1. The third-order valence-corrected chi connectivity index (χ3v) is 9.10.